The molecule has 3 aliphatic heterocycles. The van der Waals surface area contributed by atoms with Gasteiger partial charge < -0.3 is 10.2 Å². The maximum absolute atomic E-state index is 14.2. The minimum atomic E-state index is -0.464. The van der Waals surface area contributed by atoms with Crippen molar-refractivity contribution in [2.45, 2.75) is 18.9 Å². The molecule has 0 saturated carbocycles. The molecule has 2 aromatic carbocycles. The highest BCUT2D eigenvalue weighted by molar-refractivity contribution is 5.96. The first kappa shape index (κ1) is 15.3. The van der Waals surface area contributed by atoms with Gasteiger partial charge in [-0.05, 0) is 55.1 Å². The van der Waals surface area contributed by atoms with Gasteiger partial charge in [-0.3, -0.25) is 4.79 Å². The first-order chi connectivity index (χ1) is 11.7. The summed E-state index contributed by atoms with van der Waals surface area (Å²) < 4.78 is 14.2. The first-order valence-electron chi connectivity index (χ1n) is 8.59. The van der Waals surface area contributed by atoms with Crippen molar-refractivity contribution in [3.63, 3.8) is 0 Å². The van der Waals surface area contributed by atoms with Crippen molar-refractivity contribution in [1.82, 2.24) is 10.2 Å². The summed E-state index contributed by atoms with van der Waals surface area (Å²) in [6, 6.07) is 14.6. The van der Waals surface area contributed by atoms with Crippen LogP contribution < -0.4 is 5.32 Å². The second-order valence-corrected chi connectivity index (χ2v) is 6.78. The van der Waals surface area contributed by atoms with Gasteiger partial charge in [0.05, 0.1) is 5.56 Å². The van der Waals surface area contributed by atoms with E-state index in [2.05, 4.69) is 10.2 Å². The molecule has 5 rings (SSSR count). The van der Waals surface area contributed by atoms with Gasteiger partial charge in [0.1, 0.15) is 5.82 Å². The predicted molar refractivity (Wildman–Crippen MR) is 92.3 cm³/mol. The van der Waals surface area contributed by atoms with Crippen molar-refractivity contribution in [3.8, 4) is 11.1 Å². The lowest BCUT2D eigenvalue weighted by molar-refractivity contribution is 0.0618. The Labute approximate surface area is 141 Å². The topological polar surface area (TPSA) is 32.3 Å². The van der Waals surface area contributed by atoms with Crippen molar-refractivity contribution in [3.05, 3.63) is 59.9 Å². The Balaban J connectivity index is 1.56. The lowest BCUT2D eigenvalue weighted by atomic mass is 9.84. The summed E-state index contributed by atoms with van der Waals surface area (Å²) in [7, 11) is 0. The summed E-state index contributed by atoms with van der Waals surface area (Å²) in [5.74, 6) is -0.239. The van der Waals surface area contributed by atoms with Crippen LogP contribution in [0.25, 0.3) is 11.1 Å². The van der Waals surface area contributed by atoms with E-state index in [9.17, 15) is 9.18 Å². The molecule has 24 heavy (non-hydrogen) atoms. The van der Waals surface area contributed by atoms with E-state index in [0.29, 0.717) is 5.92 Å². The second-order valence-electron chi connectivity index (χ2n) is 6.78. The van der Waals surface area contributed by atoms with Crippen LogP contribution in [0.3, 0.4) is 0 Å². The van der Waals surface area contributed by atoms with Gasteiger partial charge in [0.25, 0.3) is 5.91 Å². The molecular weight excluding hydrogens is 303 g/mol. The number of fused-ring (bicyclic) bond motifs is 3. The van der Waals surface area contributed by atoms with Gasteiger partial charge in [0, 0.05) is 12.6 Å². The Bertz CT molecular complexity index is 739. The van der Waals surface area contributed by atoms with Gasteiger partial charge in [0.15, 0.2) is 0 Å². The van der Waals surface area contributed by atoms with Crippen molar-refractivity contribution in [1.29, 1.82) is 0 Å². The van der Waals surface area contributed by atoms with Crippen LogP contribution in [0, 0.1) is 11.7 Å². The molecule has 0 aliphatic carbocycles. The number of nitrogens with one attached hydrogen (secondary N) is 1. The Kier molecular flexibility index (Phi) is 4.07. The highest BCUT2D eigenvalue weighted by Crippen LogP contribution is 2.28. The molecule has 0 radical (unpaired) electrons. The van der Waals surface area contributed by atoms with Gasteiger partial charge in [0.2, 0.25) is 0 Å². The van der Waals surface area contributed by atoms with Crippen molar-refractivity contribution in [2.75, 3.05) is 19.6 Å². The van der Waals surface area contributed by atoms with Gasteiger partial charge in [-0.25, -0.2) is 4.39 Å². The third-order valence-corrected chi connectivity index (χ3v) is 5.29. The van der Waals surface area contributed by atoms with Crippen molar-refractivity contribution < 1.29 is 9.18 Å². The van der Waals surface area contributed by atoms with E-state index in [1.54, 1.807) is 12.1 Å². The number of benzene rings is 2. The molecule has 1 N–H and O–H groups in total. The highest BCUT2D eigenvalue weighted by Gasteiger charge is 2.35. The number of carbonyl (C=O) groups excluding carboxylic acids is 1. The largest absolute Gasteiger partial charge is 0.348 e. The molecule has 4 heteroatoms. The van der Waals surface area contributed by atoms with E-state index in [1.165, 1.54) is 6.07 Å². The average Bonchev–Trinajstić information content (AvgIpc) is 2.64. The molecule has 3 heterocycles. The summed E-state index contributed by atoms with van der Waals surface area (Å²) in [6.45, 7) is 3.13. The normalized spacial score (nSPS) is 25.5. The molecule has 1 amide bonds. The van der Waals surface area contributed by atoms with E-state index in [1.807, 2.05) is 30.3 Å². The van der Waals surface area contributed by atoms with Crippen LogP contribution >= 0.6 is 0 Å². The molecule has 1 unspecified atom stereocenters. The van der Waals surface area contributed by atoms with Crippen LogP contribution in [0.2, 0.25) is 0 Å². The molecule has 1 atom stereocenters. The van der Waals surface area contributed by atoms with Crippen LogP contribution in [0.4, 0.5) is 4.39 Å². The average molecular weight is 324 g/mol. The molecule has 3 saturated heterocycles. The summed E-state index contributed by atoms with van der Waals surface area (Å²) in [5.41, 5.74) is 1.97. The lowest BCUT2D eigenvalue weighted by Gasteiger charge is -2.44. The molecule has 124 valence electrons. The Hall–Kier alpha value is -2.20. The maximum Gasteiger partial charge on any atom is 0.254 e. The molecule has 2 aromatic rings. The fourth-order valence-electron chi connectivity index (χ4n) is 3.88. The molecule has 0 aromatic heterocycles. The number of carbonyl (C=O) groups is 1. The first-order valence-corrected chi connectivity index (χ1v) is 8.59. The number of hydrogen-bond acceptors (Lipinski definition) is 2. The summed E-state index contributed by atoms with van der Waals surface area (Å²) in [6.07, 6.45) is 2.25. The molecule has 3 nitrogen and oxygen atoms in total. The quantitative estimate of drug-likeness (QED) is 0.939. The van der Waals surface area contributed by atoms with Crippen LogP contribution in [-0.4, -0.2) is 36.5 Å². The van der Waals surface area contributed by atoms with Crippen LogP contribution in [0.1, 0.15) is 23.2 Å². The molecule has 2 bridgehead atoms. The predicted octanol–water partition coefficient (Wildman–Crippen LogP) is 3.32. The summed E-state index contributed by atoms with van der Waals surface area (Å²) >= 11 is 0. The zero-order chi connectivity index (χ0) is 16.5. The number of nitrogens with zero attached hydrogens (tertiary/aromatic N) is 1. The molecule has 3 fully saturated rings. The number of amides is 1. The highest BCUT2D eigenvalue weighted by atomic mass is 19.1. The maximum atomic E-state index is 14.2. The standard InChI is InChI=1S/C20H21FN2O/c21-18-7-6-16(14-4-2-1-3-5-14)12-17(18)20(24)22-19-13-23-10-8-15(19)9-11-23/h1-7,12,15,19H,8-11,13H2,(H,22,24). The van der Waals surface area contributed by atoms with Gasteiger partial charge in [-0.1, -0.05) is 36.4 Å². The minimum Gasteiger partial charge on any atom is -0.348 e. The molecule has 0 spiro atoms. The van der Waals surface area contributed by atoms with Crippen LogP contribution in [-0.2, 0) is 0 Å². The third-order valence-electron chi connectivity index (χ3n) is 5.29. The Morgan fingerprint density at radius 1 is 1.04 bits per heavy atom. The van der Waals surface area contributed by atoms with Crippen LogP contribution in [0.15, 0.2) is 48.5 Å². The third kappa shape index (κ3) is 2.94. The van der Waals surface area contributed by atoms with Gasteiger partial charge in [-0.15, -0.1) is 0 Å². The Morgan fingerprint density at radius 2 is 1.79 bits per heavy atom. The minimum absolute atomic E-state index is 0.132. The van der Waals surface area contributed by atoms with E-state index in [4.69, 9.17) is 0 Å². The monoisotopic (exact) mass is 324 g/mol. The smallest absolute Gasteiger partial charge is 0.254 e. The number of halogens is 1. The fourth-order valence-corrected chi connectivity index (χ4v) is 3.88. The van der Waals surface area contributed by atoms with Crippen LogP contribution in [0.5, 0.6) is 0 Å². The van der Waals surface area contributed by atoms with E-state index in [-0.39, 0.29) is 17.5 Å². The second kappa shape index (κ2) is 6.36. The fraction of sp³-hybridized carbons (Fsp3) is 0.350. The van der Waals surface area contributed by atoms with E-state index >= 15 is 0 Å². The number of piperidine rings is 3. The zero-order valence-corrected chi connectivity index (χ0v) is 13.5. The van der Waals surface area contributed by atoms with Crippen molar-refractivity contribution in [2.24, 2.45) is 5.92 Å². The molecule has 3 aliphatic rings. The lowest BCUT2D eigenvalue weighted by Crippen LogP contribution is -2.57. The van der Waals surface area contributed by atoms with E-state index in [0.717, 1.165) is 43.6 Å². The van der Waals surface area contributed by atoms with Gasteiger partial charge >= 0.3 is 0 Å². The molecular formula is C20H21FN2O. The Morgan fingerprint density at radius 3 is 2.46 bits per heavy atom. The SMILES string of the molecule is O=C(NC1CN2CCC1CC2)c1cc(-c2ccccc2)ccc1F. The summed E-state index contributed by atoms with van der Waals surface area (Å²) in [5, 5.41) is 3.07. The van der Waals surface area contributed by atoms with E-state index < -0.39 is 5.82 Å². The zero-order valence-electron chi connectivity index (χ0n) is 13.5. The van der Waals surface area contributed by atoms with Crippen molar-refractivity contribution >= 4 is 5.91 Å². The number of rotatable bonds is 3. The summed E-state index contributed by atoms with van der Waals surface area (Å²) in [4.78, 5) is 15.0. The number of hydrogen-bond donors (Lipinski definition) is 1. The van der Waals surface area contributed by atoms with Gasteiger partial charge in [-0.2, -0.15) is 0 Å².